The third-order valence-corrected chi connectivity index (χ3v) is 3.44. The van der Waals surface area contributed by atoms with Crippen molar-refractivity contribution in [2.45, 2.75) is 18.9 Å². The van der Waals surface area contributed by atoms with Crippen molar-refractivity contribution in [1.29, 1.82) is 0 Å². The number of rotatable bonds is 5. The first-order valence-corrected chi connectivity index (χ1v) is 6.07. The number of hydrogen-bond acceptors (Lipinski definition) is 4. The van der Waals surface area contributed by atoms with Crippen LogP contribution in [0.3, 0.4) is 0 Å². The van der Waals surface area contributed by atoms with Gasteiger partial charge >= 0.3 is 0 Å². The molecule has 1 aromatic heterocycles. The standard InChI is InChI=1S/C12H21N3O2/c1-13-10(6-9-4-5-17-8-9)12-11(16-3)7-14-15(12)2/h7,9-10,13H,4-6,8H2,1-3H3. The molecule has 2 unspecified atom stereocenters. The van der Waals surface area contributed by atoms with Crippen molar-refractivity contribution in [1.82, 2.24) is 15.1 Å². The Morgan fingerprint density at radius 2 is 2.53 bits per heavy atom. The second-order valence-corrected chi connectivity index (χ2v) is 4.53. The van der Waals surface area contributed by atoms with Gasteiger partial charge in [-0.2, -0.15) is 5.10 Å². The van der Waals surface area contributed by atoms with E-state index >= 15 is 0 Å². The second kappa shape index (κ2) is 5.51. The number of nitrogens with one attached hydrogen (secondary N) is 1. The van der Waals surface area contributed by atoms with E-state index in [0.717, 1.165) is 37.5 Å². The lowest BCUT2D eigenvalue weighted by molar-refractivity contribution is 0.181. The molecule has 2 heterocycles. The summed E-state index contributed by atoms with van der Waals surface area (Å²) in [5.74, 6) is 1.48. The molecule has 2 atom stereocenters. The molecule has 17 heavy (non-hydrogen) atoms. The summed E-state index contributed by atoms with van der Waals surface area (Å²) >= 11 is 0. The maximum atomic E-state index is 5.43. The molecule has 0 aliphatic carbocycles. The molecule has 2 rings (SSSR count). The van der Waals surface area contributed by atoms with E-state index in [1.54, 1.807) is 13.3 Å². The number of ether oxygens (including phenoxy) is 2. The Morgan fingerprint density at radius 1 is 1.71 bits per heavy atom. The summed E-state index contributed by atoms with van der Waals surface area (Å²) in [7, 11) is 5.62. The van der Waals surface area contributed by atoms with Crippen LogP contribution in [0.4, 0.5) is 0 Å². The van der Waals surface area contributed by atoms with Gasteiger partial charge in [-0.05, 0) is 25.8 Å². The van der Waals surface area contributed by atoms with Crippen LogP contribution in [0.2, 0.25) is 0 Å². The minimum atomic E-state index is 0.268. The van der Waals surface area contributed by atoms with Gasteiger partial charge in [-0.25, -0.2) is 0 Å². The van der Waals surface area contributed by atoms with Crippen LogP contribution in [0.1, 0.15) is 24.6 Å². The van der Waals surface area contributed by atoms with E-state index in [9.17, 15) is 0 Å². The zero-order valence-corrected chi connectivity index (χ0v) is 10.8. The van der Waals surface area contributed by atoms with Gasteiger partial charge in [0.1, 0.15) is 0 Å². The van der Waals surface area contributed by atoms with Crippen LogP contribution in [0.25, 0.3) is 0 Å². The molecular weight excluding hydrogens is 218 g/mol. The molecule has 0 saturated carbocycles. The highest BCUT2D eigenvalue weighted by molar-refractivity contribution is 5.28. The molecule has 1 saturated heterocycles. The molecule has 0 spiro atoms. The average Bonchev–Trinajstić information content (AvgIpc) is 2.95. The normalized spacial score (nSPS) is 21.7. The predicted molar refractivity (Wildman–Crippen MR) is 65.1 cm³/mol. The Morgan fingerprint density at radius 3 is 3.12 bits per heavy atom. The fourth-order valence-corrected chi connectivity index (χ4v) is 2.45. The lowest BCUT2D eigenvalue weighted by Crippen LogP contribution is -2.23. The SMILES string of the molecule is CNC(CC1CCOC1)c1c(OC)cnn1C. The molecule has 1 aromatic rings. The molecule has 1 fully saturated rings. The number of methoxy groups -OCH3 is 1. The van der Waals surface area contributed by atoms with Gasteiger partial charge in [-0.3, -0.25) is 4.68 Å². The molecule has 5 nitrogen and oxygen atoms in total. The summed E-state index contributed by atoms with van der Waals surface area (Å²) in [6.45, 7) is 1.77. The molecule has 0 aromatic carbocycles. The average molecular weight is 239 g/mol. The van der Waals surface area contributed by atoms with Gasteiger partial charge in [0.2, 0.25) is 0 Å². The minimum Gasteiger partial charge on any atom is -0.493 e. The van der Waals surface area contributed by atoms with Crippen LogP contribution in [-0.2, 0) is 11.8 Å². The van der Waals surface area contributed by atoms with Crippen molar-refractivity contribution in [2.24, 2.45) is 13.0 Å². The second-order valence-electron chi connectivity index (χ2n) is 4.53. The predicted octanol–water partition coefficient (Wildman–Crippen LogP) is 1.12. The third-order valence-electron chi connectivity index (χ3n) is 3.44. The monoisotopic (exact) mass is 239 g/mol. The van der Waals surface area contributed by atoms with Crippen LogP contribution >= 0.6 is 0 Å². The van der Waals surface area contributed by atoms with Crippen molar-refractivity contribution in [3.8, 4) is 5.75 Å². The summed E-state index contributed by atoms with van der Waals surface area (Å²) in [5, 5.41) is 7.60. The molecule has 0 bridgehead atoms. The minimum absolute atomic E-state index is 0.268. The van der Waals surface area contributed by atoms with Crippen LogP contribution in [0, 0.1) is 5.92 Å². The molecule has 1 N–H and O–H groups in total. The van der Waals surface area contributed by atoms with Crippen molar-refractivity contribution in [3.05, 3.63) is 11.9 Å². The number of aromatic nitrogens is 2. The van der Waals surface area contributed by atoms with Crippen LogP contribution in [0.15, 0.2) is 6.20 Å². The molecule has 1 aliphatic rings. The molecule has 0 amide bonds. The van der Waals surface area contributed by atoms with E-state index in [1.165, 1.54) is 0 Å². The smallest absolute Gasteiger partial charge is 0.161 e. The molecule has 5 heteroatoms. The van der Waals surface area contributed by atoms with Gasteiger partial charge in [-0.15, -0.1) is 0 Å². The van der Waals surface area contributed by atoms with Gasteiger partial charge in [0.15, 0.2) is 5.75 Å². The van der Waals surface area contributed by atoms with Crippen LogP contribution in [-0.4, -0.2) is 37.2 Å². The van der Waals surface area contributed by atoms with E-state index in [1.807, 2.05) is 18.8 Å². The fraction of sp³-hybridized carbons (Fsp3) is 0.750. The fourth-order valence-electron chi connectivity index (χ4n) is 2.45. The van der Waals surface area contributed by atoms with Crippen molar-refractivity contribution in [2.75, 3.05) is 27.4 Å². The summed E-state index contributed by atoms with van der Waals surface area (Å²) in [4.78, 5) is 0. The highest BCUT2D eigenvalue weighted by Gasteiger charge is 2.25. The number of aryl methyl sites for hydroxylation is 1. The van der Waals surface area contributed by atoms with Crippen molar-refractivity contribution >= 4 is 0 Å². The quantitative estimate of drug-likeness (QED) is 0.836. The van der Waals surface area contributed by atoms with Gasteiger partial charge in [0.25, 0.3) is 0 Å². The van der Waals surface area contributed by atoms with Crippen LogP contribution < -0.4 is 10.1 Å². The highest BCUT2D eigenvalue weighted by atomic mass is 16.5. The lowest BCUT2D eigenvalue weighted by atomic mass is 9.97. The Labute approximate surface area is 102 Å². The Bertz CT molecular complexity index is 359. The van der Waals surface area contributed by atoms with E-state index < -0.39 is 0 Å². The first-order chi connectivity index (χ1) is 8.26. The van der Waals surface area contributed by atoms with Gasteiger partial charge < -0.3 is 14.8 Å². The number of hydrogen-bond donors (Lipinski definition) is 1. The van der Waals surface area contributed by atoms with E-state index in [-0.39, 0.29) is 6.04 Å². The van der Waals surface area contributed by atoms with Crippen molar-refractivity contribution < 1.29 is 9.47 Å². The molecule has 0 radical (unpaired) electrons. The molecular formula is C12H21N3O2. The lowest BCUT2D eigenvalue weighted by Gasteiger charge is -2.20. The van der Waals surface area contributed by atoms with E-state index in [0.29, 0.717) is 5.92 Å². The van der Waals surface area contributed by atoms with Gasteiger partial charge in [0, 0.05) is 20.3 Å². The van der Waals surface area contributed by atoms with Crippen molar-refractivity contribution in [3.63, 3.8) is 0 Å². The van der Waals surface area contributed by atoms with Gasteiger partial charge in [-0.1, -0.05) is 0 Å². The summed E-state index contributed by atoms with van der Waals surface area (Å²) in [6.07, 6.45) is 3.98. The van der Waals surface area contributed by atoms with Crippen LogP contribution in [0.5, 0.6) is 5.75 Å². The maximum absolute atomic E-state index is 5.43. The number of nitrogens with zero attached hydrogens (tertiary/aromatic N) is 2. The topological polar surface area (TPSA) is 48.3 Å². The summed E-state index contributed by atoms with van der Waals surface area (Å²) in [5.41, 5.74) is 1.11. The zero-order chi connectivity index (χ0) is 12.3. The largest absolute Gasteiger partial charge is 0.493 e. The summed E-state index contributed by atoms with van der Waals surface area (Å²) in [6, 6.07) is 0.268. The Hall–Kier alpha value is -1.07. The Kier molecular flexibility index (Phi) is 4.02. The van der Waals surface area contributed by atoms with E-state index in [4.69, 9.17) is 9.47 Å². The first kappa shape index (κ1) is 12.4. The van der Waals surface area contributed by atoms with E-state index in [2.05, 4.69) is 10.4 Å². The Balaban J connectivity index is 2.12. The molecule has 1 aliphatic heterocycles. The summed E-state index contributed by atoms with van der Waals surface area (Å²) < 4.78 is 12.7. The zero-order valence-electron chi connectivity index (χ0n) is 10.8. The highest BCUT2D eigenvalue weighted by Crippen LogP contribution is 2.31. The maximum Gasteiger partial charge on any atom is 0.161 e. The molecule has 96 valence electrons. The first-order valence-electron chi connectivity index (χ1n) is 6.07. The van der Waals surface area contributed by atoms with Gasteiger partial charge in [0.05, 0.1) is 25.0 Å². The third kappa shape index (κ3) is 2.61.